The molecule has 0 bridgehead atoms. The van der Waals surface area contributed by atoms with E-state index in [1.807, 2.05) is 6.07 Å². The van der Waals surface area contributed by atoms with Crippen molar-refractivity contribution in [3.8, 4) is 17.0 Å². The lowest BCUT2D eigenvalue weighted by Gasteiger charge is -2.16. The number of fused-ring (bicyclic) bond motifs is 2. The van der Waals surface area contributed by atoms with E-state index in [9.17, 15) is 19.2 Å². The number of anilines is 1. The number of esters is 1. The molecule has 42 heavy (non-hydrogen) atoms. The van der Waals surface area contributed by atoms with Gasteiger partial charge in [-0.15, -0.1) is 0 Å². The van der Waals surface area contributed by atoms with Crippen molar-refractivity contribution in [3.05, 3.63) is 125 Å². The molecule has 206 valence electrons. The highest BCUT2D eigenvalue weighted by Crippen LogP contribution is 2.31. The highest BCUT2D eigenvalue weighted by atomic mass is 16.5. The minimum atomic E-state index is -1.03. The molecule has 1 aromatic heterocycles. The average Bonchev–Trinajstić information content (AvgIpc) is 3.29. The topological polar surface area (TPSA) is 103 Å². The number of methoxy groups -OCH3 is 1. The van der Waals surface area contributed by atoms with Crippen molar-refractivity contribution in [2.45, 2.75) is 13.0 Å². The largest absolute Gasteiger partial charge is 0.497 e. The van der Waals surface area contributed by atoms with Gasteiger partial charge in [-0.25, -0.2) is 14.7 Å². The number of ketones is 1. The standard InChI is InChI=1S/C34H24N2O6/c1-20(31(37)22-13-17-24(41-2)18-14-22)42-34(40)28-19-30(35-29-10-6-5-7-25(28)29)21-11-15-23(16-12-21)36-32(38)26-8-3-4-9-27(26)33(36)39/h3-20H,1-2H3. The minimum absolute atomic E-state index is 0.259. The molecular weight excluding hydrogens is 532 g/mol. The Morgan fingerprint density at radius 2 is 1.40 bits per heavy atom. The van der Waals surface area contributed by atoms with Crippen LogP contribution in [0.3, 0.4) is 0 Å². The Kier molecular flexibility index (Phi) is 6.80. The van der Waals surface area contributed by atoms with Crippen molar-refractivity contribution in [2.75, 3.05) is 12.0 Å². The molecule has 1 aliphatic rings. The number of imide groups is 1. The zero-order valence-electron chi connectivity index (χ0n) is 22.7. The summed E-state index contributed by atoms with van der Waals surface area (Å²) in [5, 5.41) is 0.581. The molecule has 5 aromatic rings. The van der Waals surface area contributed by atoms with Crippen molar-refractivity contribution >= 4 is 40.2 Å². The number of hydrogen-bond donors (Lipinski definition) is 0. The predicted octanol–water partition coefficient (Wildman–Crippen LogP) is 6.14. The average molecular weight is 557 g/mol. The van der Waals surface area contributed by atoms with Crippen molar-refractivity contribution in [3.63, 3.8) is 0 Å². The quantitative estimate of drug-likeness (QED) is 0.135. The molecule has 0 saturated carbocycles. The summed E-state index contributed by atoms with van der Waals surface area (Å²) >= 11 is 0. The number of ether oxygens (including phenoxy) is 2. The zero-order valence-corrected chi connectivity index (χ0v) is 22.7. The monoisotopic (exact) mass is 556 g/mol. The molecule has 8 heteroatoms. The van der Waals surface area contributed by atoms with Crippen molar-refractivity contribution in [2.24, 2.45) is 0 Å². The van der Waals surface area contributed by atoms with E-state index in [-0.39, 0.29) is 23.2 Å². The van der Waals surface area contributed by atoms with Crippen LogP contribution in [0.2, 0.25) is 0 Å². The first kappa shape index (κ1) is 26.6. The number of Topliss-reactive ketones (excluding diaryl/α,β-unsaturated/α-hetero) is 1. The van der Waals surface area contributed by atoms with Crippen molar-refractivity contribution in [1.29, 1.82) is 0 Å². The van der Waals surface area contributed by atoms with Crippen LogP contribution in [0.4, 0.5) is 5.69 Å². The summed E-state index contributed by atoms with van der Waals surface area (Å²) in [5.41, 5.74) is 3.54. The normalized spacial score (nSPS) is 13.1. The fourth-order valence-electron chi connectivity index (χ4n) is 4.96. The van der Waals surface area contributed by atoms with Crippen molar-refractivity contribution in [1.82, 2.24) is 4.98 Å². The summed E-state index contributed by atoms with van der Waals surface area (Å²) in [6, 6.07) is 28.9. The number of aromatic nitrogens is 1. The van der Waals surface area contributed by atoms with Gasteiger partial charge in [0.05, 0.1) is 40.7 Å². The second kappa shape index (κ2) is 10.7. The van der Waals surface area contributed by atoms with Gasteiger partial charge in [-0.3, -0.25) is 14.4 Å². The lowest BCUT2D eigenvalue weighted by atomic mass is 10.0. The molecule has 6 rings (SSSR count). The number of amides is 2. The SMILES string of the molecule is COc1ccc(C(=O)C(C)OC(=O)c2cc(-c3ccc(N4C(=O)c5ccccc5C4=O)cc3)nc3ccccc23)cc1. The third-order valence-electron chi connectivity index (χ3n) is 7.18. The first-order chi connectivity index (χ1) is 20.4. The molecule has 1 atom stereocenters. The van der Waals surface area contributed by atoms with E-state index in [4.69, 9.17) is 14.5 Å². The van der Waals surface area contributed by atoms with Crippen LogP contribution >= 0.6 is 0 Å². The maximum Gasteiger partial charge on any atom is 0.339 e. The fraction of sp³-hybridized carbons (Fsp3) is 0.0882. The maximum absolute atomic E-state index is 13.4. The van der Waals surface area contributed by atoms with E-state index in [2.05, 4.69) is 0 Å². The summed E-state index contributed by atoms with van der Waals surface area (Å²) in [6.07, 6.45) is -1.03. The van der Waals surface area contributed by atoms with Crippen LogP contribution in [-0.2, 0) is 4.74 Å². The number of rotatable bonds is 7. The zero-order chi connectivity index (χ0) is 29.4. The second-order valence-corrected chi connectivity index (χ2v) is 9.75. The van der Waals surface area contributed by atoms with Crippen LogP contribution in [0.25, 0.3) is 22.2 Å². The van der Waals surface area contributed by atoms with E-state index in [0.29, 0.717) is 50.3 Å². The molecule has 0 radical (unpaired) electrons. The number of benzene rings is 4. The summed E-state index contributed by atoms with van der Waals surface area (Å²) in [5.74, 6) is -1.14. The van der Waals surface area contributed by atoms with Gasteiger partial charge >= 0.3 is 5.97 Å². The molecule has 1 unspecified atom stereocenters. The fourth-order valence-corrected chi connectivity index (χ4v) is 4.96. The molecule has 0 aliphatic carbocycles. The number of para-hydroxylation sites is 1. The first-order valence-electron chi connectivity index (χ1n) is 13.2. The van der Waals surface area contributed by atoms with Crippen LogP contribution in [0.15, 0.2) is 103 Å². The summed E-state index contributed by atoms with van der Waals surface area (Å²) < 4.78 is 10.8. The van der Waals surface area contributed by atoms with Crippen LogP contribution < -0.4 is 9.64 Å². The Labute approximate surface area is 241 Å². The van der Waals surface area contributed by atoms with E-state index in [1.54, 1.807) is 97.1 Å². The van der Waals surface area contributed by atoms with Crippen LogP contribution in [0, 0.1) is 0 Å². The molecule has 2 amide bonds. The van der Waals surface area contributed by atoms with Crippen molar-refractivity contribution < 1.29 is 28.7 Å². The molecule has 8 nitrogen and oxygen atoms in total. The highest BCUT2D eigenvalue weighted by Gasteiger charge is 2.36. The van der Waals surface area contributed by atoms with E-state index >= 15 is 0 Å². The molecule has 0 N–H and O–H groups in total. The van der Waals surface area contributed by atoms with Crippen LogP contribution in [0.5, 0.6) is 5.75 Å². The van der Waals surface area contributed by atoms with E-state index in [1.165, 1.54) is 14.0 Å². The molecule has 0 fully saturated rings. The highest BCUT2D eigenvalue weighted by molar-refractivity contribution is 6.34. The third kappa shape index (κ3) is 4.69. The second-order valence-electron chi connectivity index (χ2n) is 9.75. The summed E-state index contributed by atoms with van der Waals surface area (Å²) in [4.78, 5) is 58.0. The molecular formula is C34H24N2O6. The van der Waals surface area contributed by atoms with Gasteiger partial charge in [-0.1, -0.05) is 42.5 Å². The molecule has 4 aromatic carbocycles. The van der Waals surface area contributed by atoms with E-state index in [0.717, 1.165) is 4.90 Å². The van der Waals surface area contributed by atoms with Gasteiger partial charge < -0.3 is 9.47 Å². The van der Waals surface area contributed by atoms with Gasteiger partial charge in [0.1, 0.15) is 5.75 Å². The Balaban J connectivity index is 1.28. The summed E-state index contributed by atoms with van der Waals surface area (Å²) in [7, 11) is 1.54. The molecule has 1 aliphatic heterocycles. The lowest BCUT2D eigenvalue weighted by Crippen LogP contribution is -2.29. The van der Waals surface area contributed by atoms with Gasteiger partial charge in [-0.05, 0) is 67.6 Å². The smallest absolute Gasteiger partial charge is 0.339 e. The summed E-state index contributed by atoms with van der Waals surface area (Å²) in [6.45, 7) is 1.53. The minimum Gasteiger partial charge on any atom is -0.497 e. The Morgan fingerprint density at radius 3 is 2.05 bits per heavy atom. The predicted molar refractivity (Wildman–Crippen MR) is 157 cm³/mol. The number of nitrogens with zero attached hydrogens (tertiary/aromatic N) is 2. The van der Waals surface area contributed by atoms with Gasteiger partial charge in [0.2, 0.25) is 5.78 Å². The number of pyridine rings is 1. The Bertz CT molecular complexity index is 1840. The van der Waals surface area contributed by atoms with Crippen LogP contribution in [-0.4, -0.2) is 41.8 Å². The van der Waals surface area contributed by atoms with Gasteiger partial charge in [0.25, 0.3) is 11.8 Å². The number of carbonyl (C=O) groups is 4. The van der Waals surface area contributed by atoms with Gasteiger partial charge in [-0.2, -0.15) is 0 Å². The third-order valence-corrected chi connectivity index (χ3v) is 7.18. The molecule has 0 saturated heterocycles. The lowest BCUT2D eigenvalue weighted by molar-refractivity contribution is 0.0320. The Hall–Kier alpha value is -5.63. The number of hydrogen-bond acceptors (Lipinski definition) is 7. The van der Waals surface area contributed by atoms with E-state index < -0.39 is 12.1 Å². The maximum atomic E-state index is 13.4. The van der Waals surface area contributed by atoms with Gasteiger partial charge in [0, 0.05) is 16.5 Å². The molecule has 0 spiro atoms. The first-order valence-corrected chi connectivity index (χ1v) is 13.2. The number of carbonyl (C=O) groups excluding carboxylic acids is 4. The van der Waals surface area contributed by atoms with Gasteiger partial charge in [0.15, 0.2) is 6.10 Å². The Morgan fingerprint density at radius 1 is 0.786 bits per heavy atom. The van der Waals surface area contributed by atoms with Crippen LogP contribution in [0.1, 0.15) is 48.4 Å². The molecule has 2 heterocycles.